The van der Waals surface area contributed by atoms with Crippen LogP contribution >= 0.6 is 11.6 Å². The minimum Gasteiger partial charge on any atom is -0.487 e. The Bertz CT molecular complexity index is 557. The van der Waals surface area contributed by atoms with Gasteiger partial charge in [-0.25, -0.2) is 9.37 Å². The number of benzene rings is 1. The summed E-state index contributed by atoms with van der Waals surface area (Å²) in [5.74, 6) is 0.0804. The van der Waals surface area contributed by atoms with Crippen LogP contribution in [-0.4, -0.2) is 11.3 Å². The predicted molar refractivity (Wildman–Crippen MR) is 65.4 cm³/mol. The number of nitrogens with zero attached hydrogens (tertiary/aromatic N) is 1. The zero-order valence-corrected chi connectivity index (χ0v) is 10.0. The largest absolute Gasteiger partial charge is 0.487 e. The molecule has 0 aliphatic carbocycles. The van der Waals surface area contributed by atoms with Crippen molar-refractivity contribution in [2.45, 2.75) is 6.61 Å². The average Bonchev–Trinajstić information content (AvgIpc) is 2.40. The van der Waals surface area contributed by atoms with Crippen LogP contribution in [0.2, 0.25) is 5.02 Å². The van der Waals surface area contributed by atoms with Crippen LogP contribution < -0.4 is 4.74 Å². The molecule has 92 valence electrons. The lowest BCUT2D eigenvalue weighted by Gasteiger charge is -2.07. The van der Waals surface area contributed by atoms with E-state index in [2.05, 4.69) is 4.98 Å². The van der Waals surface area contributed by atoms with E-state index < -0.39 is 0 Å². The van der Waals surface area contributed by atoms with Gasteiger partial charge in [0.1, 0.15) is 23.9 Å². The third-order valence-corrected chi connectivity index (χ3v) is 2.52. The van der Waals surface area contributed by atoms with Gasteiger partial charge in [0.05, 0.1) is 6.20 Å². The summed E-state index contributed by atoms with van der Waals surface area (Å²) in [5, 5.41) is 0.449. The van der Waals surface area contributed by atoms with Crippen LogP contribution in [0, 0.1) is 5.82 Å². The molecule has 1 aromatic carbocycles. The Labute approximate surface area is 108 Å². The van der Waals surface area contributed by atoms with Crippen molar-refractivity contribution < 1.29 is 13.9 Å². The summed E-state index contributed by atoms with van der Waals surface area (Å²) in [6, 6.07) is 7.38. The second-order valence-electron chi connectivity index (χ2n) is 3.56. The van der Waals surface area contributed by atoms with E-state index >= 15 is 0 Å². The number of ether oxygens (including phenoxy) is 1. The maximum atomic E-state index is 13.4. The standard InChI is InChI=1S/C13H9ClFNO2/c14-10-1-4-13(15)9(5-10)8-18-12-3-2-11(7-17)16-6-12/h1-7H,8H2. The molecular formula is C13H9ClFNO2. The maximum Gasteiger partial charge on any atom is 0.168 e. The lowest BCUT2D eigenvalue weighted by Crippen LogP contribution is -1.99. The average molecular weight is 266 g/mol. The van der Waals surface area contributed by atoms with Crippen molar-refractivity contribution in [2.24, 2.45) is 0 Å². The highest BCUT2D eigenvalue weighted by Crippen LogP contribution is 2.17. The zero-order chi connectivity index (χ0) is 13.0. The van der Waals surface area contributed by atoms with Gasteiger partial charge in [0.2, 0.25) is 0 Å². The first kappa shape index (κ1) is 12.5. The van der Waals surface area contributed by atoms with Crippen molar-refractivity contribution in [1.29, 1.82) is 0 Å². The lowest BCUT2D eigenvalue weighted by atomic mass is 10.2. The first-order chi connectivity index (χ1) is 8.69. The summed E-state index contributed by atoms with van der Waals surface area (Å²) in [5.41, 5.74) is 0.679. The monoisotopic (exact) mass is 265 g/mol. The lowest BCUT2D eigenvalue weighted by molar-refractivity contribution is 0.111. The number of pyridine rings is 1. The van der Waals surface area contributed by atoms with E-state index in [-0.39, 0.29) is 12.4 Å². The molecule has 0 saturated heterocycles. The van der Waals surface area contributed by atoms with Gasteiger partial charge in [-0.2, -0.15) is 0 Å². The van der Waals surface area contributed by atoms with Crippen LogP contribution in [-0.2, 0) is 6.61 Å². The number of hydrogen-bond acceptors (Lipinski definition) is 3. The molecule has 1 heterocycles. The van der Waals surface area contributed by atoms with E-state index in [9.17, 15) is 9.18 Å². The molecule has 0 spiro atoms. The predicted octanol–water partition coefficient (Wildman–Crippen LogP) is 3.27. The van der Waals surface area contributed by atoms with Gasteiger partial charge in [-0.3, -0.25) is 4.79 Å². The van der Waals surface area contributed by atoms with E-state index in [1.807, 2.05) is 0 Å². The molecule has 0 unspecified atom stereocenters. The van der Waals surface area contributed by atoms with Gasteiger partial charge in [0.15, 0.2) is 6.29 Å². The van der Waals surface area contributed by atoms with Crippen molar-refractivity contribution in [3.63, 3.8) is 0 Å². The van der Waals surface area contributed by atoms with Crippen LogP contribution in [0.25, 0.3) is 0 Å². The van der Waals surface area contributed by atoms with Crippen molar-refractivity contribution in [3.05, 3.63) is 58.6 Å². The number of carbonyl (C=O) groups is 1. The molecule has 2 rings (SSSR count). The van der Waals surface area contributed by atoms with Gasteiger partial charge in [-0.15, -0.1) is 0 Å². The topological polar surface area (TPSA) is 39.2 Å². The van der Waals surface area contributed by atoms with Gasteiger partial charge in [-0.05, 0) is 30.3 Å². The quantitative estimate of drug-likeness (QED) is 0.797. The number of carbonyl (C=O) groups excluding carboxylic acids is 1. The molecule has 2 aromatic rings. The second-order valence-corrected chi connectivity index (χ2v) is 4.00. The first-order valence-corrected chi connectivity index (χ1v) is 5.55. The number of hydrogen-bond donors (Lipinski definition) is 0. The van der Waals surface area contributed by atoms with E-state index in [0.717, 1.165) is 0 Å². The molecule has 18 heavy (non-hydrogen) atoms. The minimum absolute atomic E-state index is 0.0501. The Balaban J connectivity index is 2.06. The van der Waals surface area contributed by atoms with Crippen LogP contribution in [0.1, 0.15) is 16.1 Å². The van der Waals surface area contributed by atoms with Gasteiger partial charge >= 0.3 is 0 Å². The van der Waals surface area contributed by atoms with E-state index in [0.29, 0.717) is 28.3 Å². The summed E-state index contributed by atoms with van der Waals surface area (Å²) in [6.45, 7) is 0.0501. The van der Waals surface area contributed by atoms with Gasteiger partial charge < -0.3 is 4.74 Å². The van der Waals surface area contributed by atoms with Crippen molar-refractivity contribution in [2.75, 3.05) is 0 Å². The fraction of sp³-hybridized carbons (Fsp3) is 0.0769. The molecule has 0 aliphatic rings. The highest BCUT2D eigenvalue weighted by molar-refractivity contribution is 6.30. The summed E-state index contributed by atoms with van der Waals surface area (Å²) >= 11 is 5.76. The normalized spacial score (nSPS) is 10.1. The maximum absolute atomic E-state index is 13.4. The molecule has 0 N–H and O–H groups in total. The van der Waals surface area contributed by atoms with Gasteiger partial charge in [0, 0.05) is 10.6 Å². The number of aldehydes is 1. The molecular weight excluding hydrogens is 257 g/mol. The smallest absolute Gasteiger partial charge is 0.168 e. The highest BCUT2D eigenvalue weighted by Gasteiger charge is 2.04. The van der Waals surface area contributed by atoms with E-state index in [1.54, 1.807) is 6.07 Å². The fourth-order valence-electron chi connectivity index (χ4n) is 1.36. The zero-order valence-electron chi connectivity index (χ0n) is 9.27. The van der Waals surface area contributed by atoms with Crippen LogP contribution in [0.3, 0.4) is 0 Å². The summed E-state index contributed by atoms with van der Waals surface area (Å²) in [7, 11) is 0. The molecule has 0 radical (unpaired) electrons. The number of halogens is 2. The Morgan fingerprint density at radius 3 is 2.83 bits per heavy atom. The number of rotatable bonds is 4. The number of aromatic nitrogens is 1. The molecule has 0 saturated carbocycles. The summed E-state index contributed by atoms with van der Waals surface area (Å²) in [6.07, 6.45) is 2.05. The molecule has 0 fully saturated rings. The Morgan fingerprint density at radius 2 is 2.17 bits per heavy atom. The van der Waals surface area contributed by atoms with E-state index in [1.165, 1.54) is 30.5 Å². The Morgan fingerprint density at radius 1 is 1.33 bits per heavy atom. The molecule has 5 heteroatoms. The minimum atomic E-state index is -0.378. The van der Waals surface area contributed by atoms with Crippen molar-refractivity contribution >= 4 is 17.9 Å². The molecule has 1 aromatic heterocycles. The highest BCUT2D eigenvalue weighted by atomic mass is 35.5. The first-order valence-electron chi connectivity index (χ1n) is 5.17. The molecule has 0 bridgehead atoms. The Hall–Kier alpha value is -1.94. The fourth-order valence-corrected chi connectivity index (χ4v) is 1.56. The van der Waals surface area contributed by atoms with Gasteiger partial charge in [0.25, 0.3) is 0 Å². The molecule has 0 amide bonds. The third-order valence-electron chi connectivity index (χ3n) is 2.28. The molecule has 0 atom stereocenters. The molecule has 0 aliphatic heterocycles. The second kappa shape index (κ2) is 5.60. The van der Waals surface area contributed by atoms with Crippen LogP contribution in [0.15, 0.2) is 36.5 Å². The van der Waals surface area contributed by atoms with Crippen molar-refractivity contribution in [3.8, 4) is 5.75 Å². The van der Waals surface area contributed by atoms with Crippen LogP contribution in [0.5, 0.6) is 5.75 Å². The van der Waals surface area contributed by atoms with E-state index in [4.69, 9.17) is 16.3 Å². The molecule has 3 nitrogen and oxygen atoms in total. The SMILES string of the molecule is O=Cc1ccc(OCc2cc(Cl)ccc2F)cn1. The summed E-state index contributed by atoms with van der Waals surface area (Å²) in [4.78, 5) is 14.2. The Kier molecular flexibility index (Phi) is 3.89. The third kappa shape index (κ3) is 3.05. The summed E-state index contributed by atoms with van der Waals surface area (Å²) < 4.78 is 18.7. The van der Waals surface area contributed by atoms with Crippen LogP contribution in [0.4, 0.5) is 4.39 Å². The van der Waals surface area contributed by atoms with Gasteiger partial charge in [-0.1, -0.05) is 11.6 Å². The van der Waals surface area contributed by atoms with Crippen molar-refractivity contribution in [1.82, 2.24) is 4.98 Å².